The van der Waals surface area contributed by atoms with Crippen molar-refractivity contribution in [1.29, 1.82) is 0 Å². The van der Waals surface area contributed by atoms with E-state index in [1.54, 1.807) is 25.4 Å². The van der Waals surface area contributed by atoms with Crippen molar-refractivity contribution >= 4 is 5.96 Å². The maximum Gasteiger partial charge on any atom is 0.387 e. The number of guanidine groups is 1. The molecule has 7 nitrogen and oxygen atoms in total. The highest BCUT2D eigenvalue weighted by Crippen LogP contribution is 2.25. The van der Waals surface area contributed by atoms with Crippen molar-refractivity contribution in [3.8, 4) is 11.5 Å². The van der Waals surface area contributed by atoms with Gasteiger partial charge in [-0.3, -0.25) is 9.89 Å². The Morgan fingerprint density at radius 3 is 2.61 bits per heavy atom. The molecule has 1 atom stereocenters. The number of aliphatic imine (C=N–C) groups is 1. The molecular weight excluding hydrogens is 370 g/mol. The number of nitrogens with one attached hydrogen (secondary N) is 2. The minimum absolute atomic E-state index is 0.00287. The molecule has 0 amide bonds. The first-order valence-electron chi connectivity index (χ1n) is 8.70. The molecule has 0 spiro atoms. The summed E-state index contributed by atoms with van der Waals surface area (Å²) in [6.45, 7) is -2.14. The van der Waals surface area contributed by atoms with E-state index < -0.39 is 6.61 Å². The van der Waals surface area contributed by atoms with Crippen LogP contribution in [0.4, 0.5) is 8.78 Å². The first kappa shape index (κ1) is 21.5. The third-order valence-corrected chi connectivity index (χ3v) is 4.11. The minimum atomic E-state index is -2.90. The maximum absolute atomic E-state index is 12.6. The molecule has 2 aromatic rings. The van der Waals surface area contributed by atoms with Crippen LogP contribution in [0.1, 0.15) is 17.4 Å². The van der Waals surface area contributed by atoms with Gasteiger partial charge in [-0.05, 0) is 44.4 Å². The molecule has 1 unspecified atom stereocenters. The minimum Gasteiger partial charge on any atom is -0.497 e. The topological polar surface area (TPSA) is 71.3 Å². The third-order valence-electron chi connectivity index (χ3n) is 4.11. The fraction of sp³-hybridized carbons (Fsp3) is 0.421. The number of furan rings is 1. The number of ether oxygens (including phenoxy) is 2. The van der Waals surface area contributed by atoms with Crippen LogP contribution in [0.2, 0.25) is 0 Å². The van der Waals surface area contributed by atoms with Gasteiger partial charge in [0, 0.05) is 25.7 Å². The Morgan fingerprint density at radius 2 is 2.04 bits per heavy atom. The summed E-state index contributed by atoms with van der Waals surface area (Å²) in [6.07, 6.45) is 1.63. The molecule has 154 valence electrons. The van der Waals surface area contributed by atoms with E-state index in [1.165, 1.54) is 13.2 Å². The zero-order valence-corrected chi connectivity index (χ0v) is 16.4. The summed E-state index contributed by atoms with van der Waals surface area (Å²) in [6, 6.07) is 8.42. The first-order valence-corrected chi connectivity index (χ1v) is 8.70. The third kappa shape index (κ3) is 6.12. The van der Waals surface area contributed by atoms with E-state index in [0.717, 1.165) is 5.76 Å². The maximum atomic E-state index is 12.6. The number of likely N-dealkylation sites (N-methyl/N-ethyl adjacent to an activating group) is 1. The number of rotatable bonds is 9. The average molecular weight is 396 g/mol. The molecule has 2 rings (SSSR count). The average Bonchev–Trinajstić information content (AvgIpc) is 3.19. The van der Waals surface area contributed by atoms with Gasteiger partial charge in [0.1, 0.15) is 17.3 Å². The van der Waals surface area contributed by atoms with Gasteiger partial charge in [0.2, 0.25) is 0 Å². The van der Waals surface area contributed by atoms with E-state index in [0.29, 0.717) is 23.8 Å². The normalized spacial score (nSPS) is 12.9. The second-order valence-corrected chi connectivity index (χ2v) is 6.15. The lowest BCUT2D eigenvalue weighted by Crippen LogP contribution is -2.41. The number of alkyl halides is 2. The van der Waals surface area contributed by atoms with Gasteiger partial charge in [-0.1, -0.05) is 0 Å². The molecule has 0 fully saturated rings. The predicted octanol–water partition coefficient (Wildman–Crippen LogP) is 2.86. The Bertz CT molecular complexity index is 752. The highest BCUT2D eigenvalue weighted by Gasteiger charge is 2.17. The smallest absolute Gasteiger partial charge is 0.387 e. The summed E-state index contributed by atoms with van der Waals surface area (Å²) < 4.78 is 40.5. The van der Waals surface area contributed by atoms with Gasteiger partial charge in [0.25, 0.3) is 0 Å². The van der Waals surface area contributed by atoms with E-state index in [9.17, 15) is 8.78 Å². The zero-order valence-electron chi connectivity index (χ0n) is 16.4. The summed E-state index contributed by atoms with van der Waals surface area (Å²) >= 11 is 0. The molecule has 1 aromatic heterocycles. The van der Waals surface area contributed by atoms with Crippen molar-refractivity contribution in [2.75, 3.05) is 34.8 Å². The Labute approximate surface area is 163 Å². The molecule has 0 saturated carbocycles. The largest absolute Gasteiger partial charge is 0.497 e. The molecule has 0 aliphatic carbocycles. The van der Waals surface area contributed by atoms with Gasteiger partial charge in [-0.25, -0.2) is 0 Å². The molecule has 0 radical (unpaired) electrons. The fourth-order valence-electron chi connectivity index (χ4n) is 2.64. The predicted molar refractivity (Wildman–Crippen MR) is 103 cm³/mol. The molecular formula is C19H26F2N4O3. The van der Waals surface area contributed by atoms with E-state index >= 15 is 0 Å². The quantitative estimate of drug-likeness (QED) is 0.502. The van der Waals surface area contributed by atoms with E-state index in [-0.39, 0.29) is 18.3 Å². The molecule has 28 heavy (non-hydrogen) atoms. The van der Waals surface area contributed by atoms with Crippen molar-refractivity contribution in [1.82, 2.24) is 15.5 Å². The van der Waals surface area contributed by atoms with Crippen molar-refractivity contribution in [2.24, 2.45) is 4.99 Å². The Hall–Kier alpha value is -2.81. The zero-order chi connectivity index (χ0) is 20.5. The number of halogens is 2. The van der Waals surface area contributed by atoms with Gasteiger partial charge < -0.3 is 24.5 Å². The van der Waals surface area contributed by atoms with Crippen LogP contribution >= 0.6 is 0 Å². The van der Waals surface area contributed by atoms with Crippen molar-refractivity contribution < 1.29 is 22.7 Å². The number of benzene rings is 1. The lowest BCUT2D eigenvalue weighted by atomic mass is 10.2. The highest BCUT2D eigenvalue weighted by atomic mass is 19.3. The summed E-state index contributed by atoms with van der Waals surface area (Å²) in [4.78, 5) is 6.20. The molecule has 0 aliphatic heterocycles. The summed E-state index contributed by atoms with van der Waals surface area (Å²) in [5.41, 5.74) is 0.526. The van der Waals surface area contributed by atoms with E-state index in [2.05, 4.69) is 20.4 Å². The molecule has 0 aliphatic rings. The first-order chi connectivity index (χ1) is 13.4. The van der Waals surface area contributed by atoms with Crippen molar-refractivity contribution in [2.45, 2.75) is 19.2 Å². The monoisotopic (exact) mass is 396 g/mol. The Kier molecular flexibility index (Phi) is 8.06. The van der Waals surface area contributed by atoms with Gasteiger partial charge >= 0.3 is 6.61 Å². The lowest BCUT2D eigenvalue weighted by molar-refractivity contribution is -0.0504. The molecule has 9 heteroatoms. The van der Waals surface area contributed by atoms with E-state index in [4.69, 9.17) is 9.15 Å². The van der Waals surface area contributed by atoms with Crippen LogP contribution in [0, 0.1) is 0 Å². The Morgan fingerprint density at radius 1 is 1.25 bits per heavy atom. The number of nitrogens with zero attached hydrogens (tertiary/aromatic N) is 2. The molecule has 1 heterocycles. The fourth-order valence-corrected chi connectivity index (χ4v) is 2.64. The van der Waals surface area contributed by atoms with Crippen LogP contribution in [0.25, 0.3) is 0 Å². The van der Waals surface area contributed by atoms with Crippen LogP contribution in [-0.4, -0.2) is 52.3 Å². The molecule has 0 saturated heterocycles. The SMILES string of the molecule is CN=C(NCc1cc(OC)ccc1OC(F)F)NCC(c1ccco1)N(C)C. The van der Waals surface area contributed by atoms with Crippen LogP contribution in [0.5, 0.6) is 11.5 Å². The number of hydrogen-bond acceptors (Lipinski definition) is 5. The van der Waals surface area contributed by atoms with Gasteiger partial charge in [-0.2, -0.15) is 8.78 Å². The molecule has 0 bridgehead atoms. The summed E-state index contributed by atoms with van der Waals surface area (Å²) in [5.74, 6) is 1.98. The highest BCUT2D eigenvalue weighted by molar-refractivity contribution is 5.79. The van der Waals surface area contributed by atoms with Crippen LogP contribution < -0.4 is 20.1 Å². The second kappa shape index (κ2) is 10.5. The van der Waals surface area contributed by atoms with Gasteiger partial charge in [-0.15, -0.1) is 0 Å². The summed E-state index contributed by atoms with van der Waals surface area (Å²) in [5, 5.41) is 6.31. The van der Waals surface area contributed by atoms with Gasteiger partial charge in [0.15, 0.2) is 5.96 Å². The lowest BCUT2D eigenvalue weighted by Gasteiger charge is -2.24. The molecule has 2 N–H and O–H groups in total. The van der Waals surface area contributed by atoms with Crippen molar-refractivity contribution in [3.63, 3.8) is 0 Å². The number of hydrogen-bond donors (Lipinski definition) is 2. The van der Waals surface area contributed by atoms with Gasteiger partial charge in [0.05, 0.1) is 19.4 Å². The molecule has 1 aromatic carbocycles. The Balaban J connectivity index is 2.01. The van der Waals surface area contributed by atoms with Crippen LogP contribution in [0.15, 0.2) is 46.0 Å². The summed E-state index contributed by atoms with van der Waals surface area (Å²) in [7, 11) is 7.05. The van der Waals surface area contributed by atoms with Crippen LogP contribution in [0.3, 0.4) is 0 Å². The standard InChI is InChI=1S/C19H26F2N4O3/c1-22-19(24-12-15(25(2)3)17-6-5-9-27-17)23-11-13-10-14(26-4)7-8-16(13)28-18(20)21/h5-10,15,18H,11-12H2,1-4H3,(H2,22,23,24). The van der Waals surface area contributed by atoms with Crippen molar-refractivity contribution in [3.05, 3.63) is 47.9 Å². The van der Waals surface area contributed by atoms with E-state index in [1.807, 2.05) is 31.1 Å². The number of methoxy groups -OCH3 is 1. The second-order valence-electron chi connectivity index (χ2n) is 6.15. The van der Waals surface area contributed by atoms with Crippen LogP contribution in [-0.2, 0) is 6.54 Å².